The van der Waals surface area contributed by atoms with Crippen molar-refractivity contribution in [3.05, 3.63) is 0 Å². The normalized spacial score (nSPS) is 47.9. The van der Waals surface area contributed by atoms with Gasteiger partial charge in [0.15, 0.2) is 0 Å². The molecule has 144 valence electrons. The summed E-state index contributed by atoms with van der Waals surface area (Å²) in [4.78, 5) is 10.2. The maximum atomic E-state index is 5.12. The fourth-order valence-corrected chi connectivity index (χ4v) is 6.25. The molecule has 0 radical (unpaired) electrons. The van der Waals surface area contributed by atoms with Crippen LogP contribution < -0.4 is 10.6 Å². The first-order chi connectivity index (χ1) is 12.7. The average molecular weight is 357 g/mol. The first-order valence-electron chi connectivity index (χ1n) is 11.3. The predicted molar refractivity (Wildman–Crippen MR) is 108 cm³/mol. The van der Waals surface area contributed by atoms with Crippen molar-refractivity contribution in [2.24, 2.45) is 33.7 Å². The molecule has 3 aliphatic carbocycles. The van der Waals surface area contributed by atoms with E-state index in [2.05, 4.69) is 24.5 Å². The van der Waals surface area contributed by atoms with Crippen LogP contribution in [-0.4, -0.2) is 35.8 Å². The van der Waals surface area contributed by atoms with E-state index in [0.29, 0.717) is 36.0 Å². The molecular weight excluding hydrogens is 320 g/mol. The molecule has 4 heteroatoms. The molecular formula is C22H36N4. The first-order valence-corrected chi connectivity index (χ1v) is 11.3. The molecule has 0 amide bonds. The SMILES string of the molecule is CC1CCC2N=C(C3CCC(C4=NC5CCC(C)CC5N4)CC3)NC2C1. The Morgan fingerprint density at radius 3 is 1.46 bits per heavy atom. The zero-order valence-corrected chi connectivity index (χ0v) is 16.6. The second kappa shape index (κ2) is 6.83. The van der Waals surface area contributed by atoms with Crippen LogP contribution in [0.25, 0.3) is 0 Å². The van der Waals surface area contributed by atoms with Crippen molar-refractivity contribution in [3.8, 4) is 0 Å². The van der Waals surface area contributed by atoms with Gasteiger partial charge < -0.3 is 10.6 Å². The first kappa shape index (κ1) is 17.1. The summed E-state index contributed by atoms with van der Waals surface area (Å²) in [5.74, 6) is 5.80. The van der Waals surface area contributed by atoms with Gasteiger partial charge in [-0.15, -0.1) is 0 Å². The van der Waals surface area contributed by atoms with E-state index in [1.165, 1.54) is 75.9 Å². The molecule has 2 N–H and O–H groups in total. The molecule has 5 aliphatic rings. The summed E-state index contributed by atoms with van der Waals surface area (Å²) in [6.45, 7) is 4.80. The minimum absolute atomic E-state index is 0.574. The Balaban J connectivity index is 1.16. The Labute approximate surface area is 158 Å². The number of rotatable bonds is 2. The van der Waals surface area contributed by atoms with Crippen LogP contribution in [0.15, 0.2) is 9.98 Å². The third-order valence-electron chi connectivity index (χ3n) is 7.93. The molecule has 0 spiro atoms. The molecule has 0 aromatic carbocycles. The molecule has 2 aliphatic heterocycles. The lowest BCUT2D eigenvalue weighted by molar-refractivity contribution is 0.304. The zero-order valence-electron chi connectivity index (χ0n) is 16.6. The Morgan fingerprint density at radius 2 is 1.04 bits per heavy atom. The molecule has 3 saturated carbocycles. The van der Waals surface area contributed by atoms with Gasteiger partial charge in [0.2, 0.25) is 0 Å². The Bertz CT molecular complexity index is 537. The monoisotopic (exact) mass is 356 g/mol. The van der Waals surface area contributed by atoms with E-state index >= 15 is 0 Å². The maximum Gasteiger partial charge on any atom is 0.100 e. The number of nitrogens with one attached hydrogen (secondary N) is 2. The highest BCUT2D eigenvalue weighted by Crippen LogP contribution is 2.37. The van der Waals surface area contributed by atoms with Crippen LogP contribution >= 0.6 is 0 Å². The molecule has 6 atom stereocenters. The van der Waals surface area contributed by atoms with Crippen LogP contribution in [0.2, 0.25) is 0 Å². The number of fused-ring (bicyclic) bond motifs is 2. The second-order valence-corrected chi connectivity index (χ2v) is 10.1. The smallest absolute Gasteiger partial charge is 0.100 e. The van der Waals surface area contributed by atoms with Crippen molar-refractivity contribution in [1.29, 1.82) is 0 Å². The van der Waals surface area contributed by atoms with Gasteiger partial charge in [-0.05, 0) is 76.0 Å². The molecule has 26 heavy (non-hydrogen) atoms. The number of hydrogen-bond acceptors (Lipinski definition) is 4. The van der Waals surface area contributed by atoms with Crippen LogP contribution in [0, 0.1) is 23.7 Å². The van der Waals surface area contributed by atoms with Crippen molar-refractivity contribution in [3.63, 3.8) is 0 Å². The zero-order chi connectivity index (χ0) is 17.7. The van der Waals surface area contributed by atoms with Crippen molar-refractivity contribution in [1.82, 2.24) is 10.6 Å². The lowest BCUT2D eigenvalue weighted by atomic mass is 9.80. The highest BCUT2D eigenvalue weighted by molar-refractivity contribution is 5.89. The average Bonchev–Trinajstić information content (AvgIpc) is 3.25. The van der Waals surface area contributed by atoms with Gasteiger partial charge in [-0.1, -0.05) is 13.8 Å². The van der Waals surface area contributed by atoms with Gasteiger partial charge in [0, 0.05) is 23.9 Å². The summed E-state index contributed by atoms with van der Waals surface area (Å²) in [6, 6.07) is 2.42. The van der Waals surface area contributed by atoms with E-state index < -0.39 is 0 Å². The Hall–Kier alpha value is -1.06. The van der Waals surface area contributed by atoms with Crippen LogP contribution in [0.4, 0.5) is 0 Å². The minimum atomic E-state index is 0.574. The maximum absolute atomic E-state index is 5.12. The van der Waals surface area contributed by atoms with E-state index in [9.17, 15) is 0 Å². The van der Waals surface area contributed by atoms with Gasteiger partial charge >= 0.3 is 0 Å². The quantitative estimate of drug-likeness (QED) is 0.788. The van der Waals surface area contributed by atoms with Gasteiger partial charge in [-0.25, -0.2) is 0 Å². The second-order valence-electron chi connectivity index (χ2n) is 10.1. The van der Waals surface area contributed by atoms with Gasteiger partial charge in [0.05, 0.1) is 12.1 Å². The van der Waals surface area contributed by atoms with E-state index in [0.717, 1.165) is 11.8 Å². The lowest BCUT2D eigenvalue weighted by Crippen LogP contribution is -2.43. The van der Waals surface area contributed by atoms with E-state index in [1.54, 1.807) is 0 Å². The molecule has 4 nitrogen and oxygen atoms in total. The van der Waals surface area contributed by atoms with Crippen molar-refractivity contribution >= 4 is 11.7 Å². The van der Waals surface area contributed by atoms with E-state index in [4.69, 9.17) is 9.98 Å². The molecule has 5 rings (SSSR count). The minimum Gasteiger partial charge on any atom is -0.369 e. The summed E-state index contributed by atoms with van der Waals surface area (Å²) < 4.78 is 0. The molecule has 2 heterocycles. The van der Waals surface area contributed by atoms with Crippen molar-refractivity contribution in [2.45, 2.75) is 102 Å². The van der Waals surface area contributed by atoms with Crippen LogP contribution in [-0.2, 0) is 0 Å². The van der Waals surface area contributed by atoms with Crippen molar-refractivity contribution in [2.75, 3.05) is 0 Å². The highest BCUT2D eigenvalue weighted by atomic mass is 15.1. The fourth-order valence-electron chi connectivity index (χ4n) is 6.25. The largest absolute Gasteiger partial charge is 0.369 e. The number of hydrogen-bond donors (Lipinski definition) is 2. The number of amidine groups is 2. The molecule has 0 aromatic heterocycles. The van der Waals surface area contributed by atoms with Gasteiger partial charge in [-0.2, -0.15) is 0 Å². The van der Waals surface area contributed by atoms with Gasteiger partial charge in [-0.3, -0.25) is 9.98 Å². The summed E-state index contributed by atoms with van der Waals surface area (Å²) in [7, 11) is 0. The number of aliphatic imine (C=N–C) groups is 2. The topological polar surface area (TPSA) is 48.8 Å². The van der Waals surface area contributed by atoms with Gasteiger partial charge in [0.25, 0.3) is 0 Å². The third kappa shape index (κ3) is 3.18. The van der Waals surface area contributed by atoms with Crippen molar-refractivity contribution < 1.29 is 0 Å². The summed E-state index contributed by atoms with van der Waals surface area (Å²) in [6.07, 6.45) is 13.1. The number of nitrogens with zero attached hydrogens (tertiary/aromatic N) is 2. The fraction of sp³-hybridized carbons (Fsp3) is 0.909. The molecule has 0 aromatic rings. The lowest BCUT2D eigenvalue weighted by Gasteiger charge is -2.31. The summed E-state index contributed by atoms with van der Waals surface area (Å²) in [5.41, 5.74) is 0. The molecule has 3 fully saturated rings. The van der Waals surface area contributed by atoms with Crippen LogP contribution in [0.1, 0.15) is 78.1 Å². The molecule has 6 unspecified atom stereocenters. The Morgan fingerprint density at radius 1 is 0.615 bits per heavy atom. The van der Waals surface area contributed by atoms with Crippen LogP contribution in [0.3, 0.4) is 0 Å². The van der Waals surface area contributed by atoms with E-state index in [1.807, 2.05) is 0 Å². The van der Waals surface area contributed by atoms with Crippen LogP contribution in [0.5, 0.6) is 0 Å². The van der Waals surface area contributed by atoms with E-state index in [-0.39, 0.29) is 0 Å². The summed E-state index contributed by atoms with van der Waals surface area (Å²) in [5, 5.41) is 7.65. The molecule has 0 bridgehead atoms. The molecule has 0 saturated heterocycles. The Kier molecular flexibility index (Phi) is 4.48. The van der Waals surface area contributed by atoms with Gasteiger partial charge in [0.1, 0.15) is 11.7 Å². The standard InChI is InChI=1S/C22H36N4/c1-13-3-9-17-19(11-13)25-21(23-17)15-5-7-16(8-6-15)22-24-18-10-4-14(2)12-20(18)26-22/h13-20H,3-12H2,1-2H3,(H,23,25)(H,24,26). The third-order valence-corrected chi connectivity index (χ3v) is 7.93. The predicted octanol–water partition coefficient (Wildman–Crippen LogP) is 3.91. The summed E-state index contributed by atoms with van der Waals surface area (Å²) >= 11 is 0. The highest BCUT2D eigenvalue weighted by Gasteiger charge is 2.39.